The monoisotopic (exact) mass is 393 g/mol. The molecular weight excluding hydrogens is 371 g/mol. The van der Waals surface area contributed by atoms with Crippen molar-refractivity contribution in [2.24, 2.45) is 5.92 Å². The molecule has 0 radical (unpaired) electrons. The number of carbonyl (C=O) groups excluding carboxylic acids is 1. The van der Waals surface area contributed by atoms with Gasteiger partial charge in [0.25, 0.3) is 0 Å². The first-order valence-electron chi connectivity index (χ1n) is 8.97. The molecule has 1 aliphatic heterocycles. The zero-order valence-corrected chi connectivity index (χ0v) is 15.7. The Morgan fingerprint density at radius 1 is 1.25 bits per heavy atom. The van der Waals surface area contributed by atoms with Crippen LogP contribution in [0.3, 0.4) is 0 Å². The normalized spacial score (nSPS) is 17.3. The van der Waals surface area contributed by atoms with E-state index in [2.05, 4.69) is 15.3 Å². The van der Waals surface area contributed by atoms with Gasteiger partial charge in [0, 0.05) is 45.3 Å². The maximum atomic E-state index is 13.5. The second-order valence-electron chi connectivity index (χ2n) is 6.95. The largest absolute Gasteiger partial charge is 0.418 e. The van der Waals surface area contributed by atoms with Gasteiger partial charge >= 0.3 is 6.18 Å². The van der Waals surface area contributed by atoms with Crippen LogP contribution in [-0.4, -0.2) is 43.1 Å². The van der Waals surface area contributed by atoms with Crippen molar-refractivity contribution >= 4 is 23.2 Å². The molecule has 9 heteroatoms. The third-order valence-corrected chi connectivity index (χ3v) is 4.71. The molecule has 0 saturated carbocycles. The smallest absolute Gasteiger partial charge is 0.378 e. The zero-order valence-electron chi connectivity index (χ0n) is 15.7. The van der Waals surface area contributed by atoms with Crippen LogP contribution in [0.5, 0.6) is 0 Å². The third kappa shape index (κ3) is 4.52. The van der Waals surface area contributed by atoms with Crippen molar-refractivity contribution in [3.05, 3.63) is 42.2 Å². The highest BCUT2D eigenvalue weighted by molar-refractivity contribution is 5.94. The lowest BCUT2D eigenvalue weighted by atomic mass is 9.97. The van der Waals surface area contributed by atoms with Crippen molar-refractivity contribution in [3.63, 3.8) is 0 Å². The van der Waals surface area contributed by atoms with Crippen molar-refractivity contribution in [2.45, 2.75) is 19.0 Å². The molecular formula is C19H22F3N5O. The van der Waals surface area contributed by atoms with Crippen molar-refractivity contribution in [1.29, 1.82) is 0 Å². The van der Waals surface area contributed by atoms with Crippen molar-refractivity contribution in [1.82, 2.24) is 9.97 Å². The highest BCUT2D eigenvalue weighted by Crippen LogP contribution is 2.37. The Balaban J connectivity index is 1.77. The molecule has 6 nitrogen and oxygen atoms in total. The lowest BCUT2D eigenvalue weighted by Crippen LogP contribution is -2.41. The van der Waals surface area contributed by atoms with Gasteiger partial charge in [0.2, 0.25) is 11.9 Å². The number of alkyl halides is 3. The second-order valence-corrected chi connectivity index (χ2v) is 6.95. The van der Waals surface area contributed by atoms with Crippen LogP contribution in [0.4, 0.5) is 30.5 Å². The fraction of sp³-hybridized carbons (Fsp3) is 0.421. The topological polar surface area (TPSA) is 61.4 Å². The average molecular weight is 393 g/mol. The summed E-state index contributed by atoms with van der Waals surface area (Å²) >= 11 is 0. The molecule has 0 aliphatic carbocycles. The summed E-state index contributed by atoms with van der Waals surface area (Å²) in [6, 6.07) is 5.60. The van der Waals surface area contributed by atoms with Gasteiger partial charge in [0.15, 0.2) is 0 Å². The van der Waals surface area contributed by atoms with E-state index < -0.39 is 23.6 Å². The molecule has 0 bridgehead atoms. The number of anilines is 3. The molecule has 1 N–H and O–H groups in total. The Morgan fingerprint density at radius 2 is 1.96 bits per heavy atom. The maximum absolute atomic E-state index is 13.5. The van der Waals surface area contributed by atoms with E-state index in [1.165, 1.54) is 6.07 Å². The molecule has 1 atom stereocenters. The average Bonchev–Trinajstić information content (AvgIpc) is 2.68. The summed E-state index contributed by atoms with van der Waals surface area (Å²) in [5, 5.41) is 2.48. The third-order valence-electron chi connectivity index (χ3n) is 4.71. The molecule has 2 heterocycles. The Bertz CT molecular complexity index is 826. The van der Waals surface area contributed by atoms with E-state index in [4.69, 9.17) is 0 Å². The van der Waals surface area contributed by atoms with Crippen LogP contribution in [0.1, 0.15) is 18.4 Å². The first kappa shape index (κ1) is 19.9. The molecule has 1 saturated heterocycles. The van der Waals surface area contributed by atoms with Crippen LogP contribution in [0.25, 0.3) is 0 Å². The van der Waals surface area contributed by atoms with Gasteiger partial charge in [-0.2, -0.15) is 13.2 Å². The Labute approximate surface area is 161 Å². The van der Waals surface area contributed by atoms with Crippen LogP contribution in [0.15, 0.2) is 36.7 Å². The van der Waals surface area contributed by atoms with E-state index in [9.17, 15) is 18.0 Å². The highest BCUT2D eigenvalue weighted by Gasteiger charge is 2.35. The van der Waals surface area contributed by atoms with Gasteiger partial charge in [-0.25, -0.2) is 9.97 Å². The summed E-state index contributed by atoms with van der Waals surface area (Å²) < 4.78 is 40.4. The Kier molecular flexibility index (Phi) is 5.71. The first-order chi connectivity index (χ1) is 13.3. The van der Waals surface area contributed by atoms with Crippen molar-refractivity contribution in [3.8, 4) is 0 Å². The van der Waals surface area contributed by atoms with Crippen LogP contribution < -0.4 is 15.1 Å². The molecule has 0 spiro atoms. The Morgan fingerprint density at radius 3 is 2.61 bits per heavy atom. The van der Waals surface area contributed by atoms with E-state index in [1.807, 2.05) is 4.90 Å². The number of rotatable bonds is 4. The number of hydrogen-bond donors (Lipinski definition) is 1. The second kappa shape index (κ2) is 8.04. The number of nitrogens with one attached hydrogen (secondary N) is 1. The summed E-state index contributed by atoms with van der Waals surface area (Å²) in [6.07, 6.45) is 0.0152. The zero-order chi connectivity index (χ0) is 20.3. The van der Waals surface area contributed by atoms with Crippen LogP contribution in [0, 0.1) is 5.92 Å². The van der Waals surface area contributed by atoms with Gasteiger partial charge in [-0.3, -0.25) is 4.79 Å². The molecule has 1 amide bonds. The number of benzene rings is 1. The predicted octanol–water partition coefficient (Wildman–Crippen LogP) is 3.42. The summed E-state index contributed by atoms with van der Waals surface area (Å²) in [6.45, 7) is 1.08. The van der Waals surface area contributed by atoms with E-state index in [0.717, 1.165) is 12.5 Å². The molecule has 1 aromatic heterocycles. The van der Waals surface area contributed by atoms with Gasteiger partial charge in [0.1, 0.15) is 0 Å². The lowest BCUT2D eigenvalue weighted by Gasteiger charge is -2.32. The lowest BCUT2D eigenvalue weighted by molar-refractivity contribution is -0.137. The molecule has 28 heavy (non-hydrogen) atoms. The SMILES string of the molecule is CN(C)c1ccc(NC(=O)C2CCCN(c3ncccn3)C2)c(C(F)(F)F)c1. The molecule has 3 rings (SSSR count). The van der Waals surface area contributed by atoms with E-state index >= 15 is 0 Å². The maximum Gasteiger partial charge on any atom is 0.418 e. The molecule has 1 aliphatic rings. The van der Waals surface area contributed by atoms with Crippen LogP contribution >= 0.6 is 0 Å². The number of hydrogen-bond acceptors (Lipinski definition) is 5. The molecule has 2 aromatic rings. The van der Waals surface area contributed by atoms with Gasteiger partial charge in [-0.15, -0.1) is 0 Å². The summed E-state index contributed by atoms with van der Waals surface area (Å²) in [4.78, 5) is 24.5. The minimum Gasteiger partial charge on any atom is -0.378 e. The summed E-state index contributed by atoms with van der Waals surface area (Å²) in [7, 11) is 3.33. The Hall–Kier alpha value is -2.84. The first-order valence-corrected chi connectivity index (χ1v) is 8.97. The van der Waals surface area contributed by atoms with E-state index in [1.54, 1.807) is 43.5 Å². The minimum absolute atomic E-state index is 0.226. The van der Waals surface area contributed by atoms with E-state index in [0.29, 0.717) is 31.1 Å². The summed E-state index contributed by atoms with van der Waals surface area (Å²) in [5.74, 6) is -0.345. The quantitative estimate of drug-likeness (QED) is 0.863. The van der Waals surface area contributed by atoms with Gasteiger partial charge < -0.3 is 15.1 Å². The highest BCUT2D eigenvalue weighted by atomic mass is 19.4. The van der Waals surface area contributed by atoms with E-state index in [-0.39, 0.29) is 5.69 Å². The number of carbonyl (C=O) groups is 1. The van der Waals surface area contributed by atoms with Crippen molar-refractivity contribution in [2.75, 3.05) is 42.3 Å². The van der Waals surface area contributed by atoms with Gasteiger partial charge in [-0.1, -0.05) is 0 Å². The number of aromatic nitrogens is 2. The summed E-state index contributed by atoms with van der Waals surface area (Å²) in [5.41, 5.74) is -0.669. The van der Waals surface area contributed by atoms with Crippen molar-refractivity contribution < 1.29 is 18.0 Å². The molecule has 1 unspecified atom stereocenters. The van der Waals surface area contributed by atoms with Crippen LogP contribution in [-0.2, 0) is 11.0 Å². The fourth-order valence-electron chi connectivity index (χ4n) is 3.22. The molecule has 1 aromatic carbocycles. The number of nitrogens with zero attached hydrogens (tertiary/aromatic N) is 4. The number of piperidine rings is 1. The standard InChI is InChI=1S/C19H22F3N5O/c1-26(2)14-6-7-16(15(11-14)19(20,21)22)25-17(28)13-5-3-10-27(12-13)18-23-8-4-9-24-18/h4,6-9,11,13H,3,5,10,12H2,1-2H3,(H,25,28). The minimum atomic E-state index is -4.56. The van der Waals surface area contributed by atoms with Gasteiger partial charge in [0.05, 0.1) is 17.2 Å². The molecule has 1 fully saturated rings. The number of halogens is 3. The molecule has 150 valence electrons. The van der Waals surface area contributed by atoms with Crippen LogP contribution in [0.2, 0.25) is 0 Å². The van der Waals surface area contributed by atoms with Gasteiger partial charge in [-0.05, 0) is 37.1 Å². The fourth-order valence-corrected chi connectivity index (χ4v) is 3.22. The predicted molar refractivity (Wildman–Crippen MR) is 101 cm³/mol. The number of amides is 1.